The van der Waals surface area contributed by atoms with Crippen LogP contribution in [0.5, 0.6) is 11.5 Å². The molecule has 0 saturated carbocycles. The first-order valence-corrected chi connectivity index (χ1v) is 13.2. The van der Waals surface area contributed by atoms with E-state index in [1.54, 1.807) is 54.6 Å². The molecule has 0 radical (unpaired) electrons. The van der Waals surface area contributed by atoms with Gasteiger partial charge in [0.15, 0.2) is 18.3 Å². The van der Waals surface area contributed by atoms with Gasteiger partial charge in [-0.2, -0.15) is 0 Å². The molecule has 0 spiro atoms. The molecule has 0 amide bonds. The molecule has 216 valence electrons. The summed E-state index contributed by atoms with van der Waals surface area (Å²) in [4.78, 5) is 38.5. The zero-order chi connectivity index (χ0) is 29.2. The molecule has 10 nitrogen and oxygen atoms in total. The number of ether oxygens (including phenoxy) is 7. The molecular weight excluding hydrogens is 556 g/mol. The van der Waals surface area contributed by atoms with Crippen LogP contribution in [0.15, 0.2) is 84.9 Å². The number of hydrogen-bond acceptors (Lipinski definition) is 10. The molecule has 11 heteroatoms. The Morgan fingerprint density at radius 2 is 1.41 bits per heavy atom. The Balaban J connectivity index is 1.74. The van der Waals surface area contributed by atoms with Crippen LogP contribution in [0.3, 0.4) is 0 Å². The second kappa shape index (κ2) is 14.5. The van der Waals surface area contributed by atoms with Crippen LogP contribution in [-0.4, -0.2) is 68.7 Å². The van der Waals surface area contributed by atoms with Gasteiger partial charge < -0.3 is 33.2 Å². The fraction of sp³-hybridized carbons (Fsp3) is 0.300. The minimum atomic E-state index is -1.50. The van der Waals surface area contributed by atoms with Crippen molar-refractivity contribution in [3.63, 3.8) is 0 Å². The summed E-state index contributed by atoms with van der Waals surface area (Å²) in [7, 11) is 2.68. The highest BCUT2D eigenvalue weighted by atomic mass is 35.5. The van der Waals surface area contributed by atoms with Crippen molar-refractivity contribution in [2.75, 3.05) is 20.1 Å². The van der Waals surface area contributed by atoms with E-state index in [1.165, 1.54) is 7.11 Å². The van der Waals surface area contributed by atoms with Gasteiger partial charge >= 0.3 is 17.9 Å². The molecule has 0 bridgehead atoms. The van der Waals surface area contributed by atoms with E-state index in [2.05, 4.69) is 0 Å². The first-order chi connectivity index (χ1) is 19.9. The van der Waals surface area contributed by atoms with Gasteiger partial charge in [0.25, 0.3) is 0 Å². The van der Waals surface area contributed by atoms with Gasteiger partial charge in [0.2, 0.25) is 6.29 Å². The maximum absolute atomic E-state index is 13.2. The molecule has 41 heavy (non-hydrogen) atoms. The highest BCUT2D eigenvalue weighted by Gasteiger charge is 2.55. The van der Waals surface area contributed by atoms with Gasteiger partial charge in [-0.3, -0.25) is 4.79 Å². The van der Waals surface area contributed by atoms with Crippen molar-refractivity contribution in [3.05, 3.63) is 96.1 Å². The van der Waals surface area contributed by atoms with Crippen LogP contribution in [0, 0.1) is 0 Å². The number of methoxy groups -OCH3 is 2. The summed E-state index contributed by atoms with van der Waals surface area (Å²) < 4.78 is 39.9. The minimum absolute atomic E-state index is 0.0168. The third-order valence-corrected chi connectivity index (χ3v) is 6.37. The zero-order valence-corrected chi connectivity index (χ0v) is 23.1. The molecule has 1 heterocycles. The summed E-state index contributed by atoms with van der Waals surface area (Å²) in [6.45, 7) is 0.0168. The lowest BCUT2D eigenvalue weighted by atomic mass is 9.97. The molecule has 5 atom stereocenters. The molecular formula is C30H29ClO10. The van der Waals surface area contributed by atoms with Gasteiger partial charge in [0, 0.05) is 0 Å². The van der Waals surface area contributed by atoms with Crippen LogP contribution in [-0.2, 0) is 39.9 Å². The topological polar surface area (TPSA) is 116 Å². The first-order valence-electron chi connectivity index (χ1n) is 12.6. The Labute approximate surface area is 242 Å². The van der Waals surface area contributed by atoms with E-state index in [9.17, 15) is 14.4 Å². The summed E-state index contributed by atoms with van der Waals surface area (Å²) in [5.41, 5.74) is 1.03. The molecule has 0 aromatic heterocycles. The molecule has 4 rings (SSSR count). The van der Waals surface area contributed by atoms with E-state index in [-0.39, 0.29) is 12.2 Å². The summed E-state index contributed by atoms with van der Waals surface area (Å²) in [6, 6.07) is 24.0. The number of esters is 3. The predicted molar refractivity (Wildman–Crippen MR) is 146 cm³/mol. The molecule has 1 aliphatic heterocycles. The number of halogens is 1. The van der Waals surface area contributed by atoms with Crippen molar-refractivity contribution in [2.24, 2.45) is 0 Å². The number of rotatable bonds is 11. The number of benzene rings is 3. The first kappa shape index (κ1) is 29.9. The van der Waals surface area contributed by atoms with Gasteiger partial charge in [-0.25, -0.2) is 9.59 Å². The highest BCUT2D eigenvalue weighted by Crippen LogP contribution is 2.32. The second-order valence-electron chi connectivity index (χ2n) is 8.83. The Bertz CT molecular complexity index is 1290. The summed E-state index contributed by atoms with van der Waals surface area (Å²) in [5, 5.41) is 0. The second-order valence-corrected chi connectivity index (χ2v) is 9.09. The van der Waals surface area contributed by atoms with Gasteiger partial charge in [0.1, 0.15) is 23.5 Å². The van der Waals surface area contributed by atoms with Crippen LogP contribution in [0.1, 0.15) is 15.9 Å². The van der Waals surface area contributed by atoms with Crippen LogP contribution in [0.25, 0.3) is 0 Å². The number of hydrogen-bond donors (Lipinski definition) is 0. The van der Waals surface area contributed by atoms with Gasteiger partial charge in [-0.05, 0) is 42.0 Å². The average Bonchev–Trinajstić information content (AvgIpc) is 3.02. The molecule has 1 aliphatic rings. The van der Waals surface area contributed by atoms with E-state index in [1.807, 2.05) is 30.3 Å². The monoisotopic (exact) mass is 584 g/mol. The molecule has 1 fully saturated rings. The summed E-state index contributed by atoms with van der Waals surface area (Å²) in [6.07, 6.45) is -6.84. The fourth-order valence-electron chi connectivity index (χ4n) is 4.16. The lowest BCUT2D eigenvalue weighted by molar-refractivity contribution is -0.283. The van der Waals surface area contributed by atoms with E-state index < -0.39 is 54.5 Å². The predicted octanol–water partition coefficient (Wildman–Crippen LogP) is 3.93. The van der Waals surface area contributed by atoms with Crippen molar-refractivity contribution < 1.29 is 47.5 Å². The largest absolute Gasteiger partial charge is 0.497 e. The minimum Gasteiger partial charge on any atom is -0.497 e. The molecule has 0 unspecified atom stereocenters. The number of alkyl halides is 1. The Hall–Kier alpha value is -4.12. The van der Waals surface area contributed by atoms with Crippen LogP contribution >= 0.6 is 11.6 Å². The molecule has 0 N–H and O–H groups in total. The van der Waals surface area contributed by atoms with Gasteiger partial charge in [-0.1, -0.05) is 48.5 Å². The Morgan fingerprint density at radius 1 is 0.780 bits per heavy atom. The average molecular weight is 585 g/mol. The van der Waals surface area contributed by atoms with Crippen molar-refractivity contribution >= 4 is 29.5 Å². The molecule has 3 aromatic carbocycles. The highest BCUT2D eigenvalue weighted by molar-refractivity contribution is 6.26. The Kier molecular flexibility index (Phi) is 10.6. The third kappa shape index (κ3) is 7.75. The fourth-order valence-corrected chi connectivity index (χ4v) is 4.22. The van der Waals surface area contributed by atoms with Crippen molar-refractivity contribution in [3.8, 4) is 11.5 Å². The van der Waals surface area contributed by atoms with E-state index in [4.69, 9.17) is 44.8 Å². The van der Waals surface area contributed by atoms with Crippen LogP contribution in [0.4, 0.5) is 0 Å². The third-order valence-electron chi connectivity index (χ3n) is 6.15. The van der Waals surface area contributed by atoms with Crippen molar-refractivity contribution in [2.45, 2.75) is 37.3 Å². The SMILES string of the molecule is COC(=O)[C@H]1O[C@@H](Oc2ccc(OC)cc2)[C@H](OC(=O)c2ccccc2)[C@@H](OCc2ccccc2)[C@@H]1OC(=O)CCl. The zero-order valence-electron chi connectivity index (χ0n) is 22.3. The summed E-state index contributed by atoms with van der Waals surface area (Å²) in [5.74, 6) is -2.02. The van der Waals surface area contributed by atoms with E-state index in [0.29, 0.717) is 11.5 Å². The number of carbonyl (C=O) groups excluding carboxylic acids is 3. The van der Waals surface area contributed by atoms with E-state index in [0.717, 1.165) is 12.7 Å². The van der Waals surface area contributed by atoms with Gasteiger partial charge in [0.05, 0.1) is 26.4 Å². The summed E-state index contributed by atoms with van der Waals surface area (Å²) >= 11 is 5.72. The normalized spacial score (nSPS) is 21.8. The smallest absolute Gasteiger partial charge is 0.339 e. The standard InChI is InChI=1S/C30H29ClO10/c1-35-21-13-15-22(16-14-21)38-30-27(40-28(33)20-11-7-4-8-12-20)24(37-18-19-9-5-3-6-10-19)25(39-23(32)17-31)26(41-30)29(34)36-2/h3-16,24-27,30H,17-18H2,1-2H3/t24-,25-,26-,27+,30+/m0/s1. The quantitative estimate of drug-likeness (QED) is 0.186. The van der Waals surface area contributed by atoms with E-state index >= 15 is 0 Å². The molecule has 1 saturated heterocycles. The maximum atomic E-state index is 13.2. The molecule has 3 aromatic rings. The van der Waals surface area contributed by atoms with Gasteiger partial charge in [-0.15, -0.1) is 11.6 Å². The number of carbonyl (C=O) groups is 3. The Morgan fingerprint density at radius 3 is 2.02 bits per heavy atom. The van der Waals surface area contributed by atoms with Crippen LogP contribution < -0.4 is 9.47 Å². The van der Waals surface area contributed by atoms with Crippen molar-refractivity contribution in [1.29, 1.82) is 0 Å². The maximum Gasteiger partial charge on any atom is 0.339 e. The lowest BCUT2D eigenvalue weighted by Gasteiger charge is -2.43. The van der Waals surface area contributed by atoms with Crippen LogP contribution in [0.2, 0.25) is 0 Å². The van der Waals surface area contributed by atoms with Crippen molar-refractivity contribution in [1.82, 2.24) is 0 Å². The lowest BCUT2D eigenvalue weighted by Crippen LogP contribution is -2.64. The molecule has 0 aliphatic carbocycles.